The number of aliphatic hydroxyl groups is 1. The number of aliphatic hydroxyl groups excluding tert-OH is 1. The second-order valence-corrected chi connectivity index (χ2v) is 4.22. The van der Waals surface area contributed by atoms with Gasteiger partial charge in [0.2, 0.25) is 5.13 Å². The Balaban J connectivity index is 2.29. The lowest BCUT2D eigenvalue weighted by molar-refractivity contribution is 0.286. The van der Waals surface area contributed by atoms with Gasteiger partial charge in [0.1, 0.15) is 5.82 Å². The lowest BCUT2D eigenvalue weighted by atomic mass is 10.2. The number of nitrogens with zero attached hydrogens (tertiary/aromatic N) is 2. The largest absolute Gasteiger partial charge is 0.396 e. The minimum atomic E-state index is 0.259. The Morgan fingerprint density at radius 3 is 2.79 bits per heavy atom. The molecule has 2 N–H and O–H groups in total. The number of anilines is 1. The highest BCUT2D eigenvalue weighted by Crippen LogP contribution is 2.16. The van der Waals surface area contributed by atoms with Crippen molar-refractivity contribution in [3.05, 3.63) is 5.82 Å². The van der Waals surface area contributed by atoms with Gasteiger partial charge in [-0.1, -0.05) is 13.8 Å². The molecule has 0 atom stereocenters. The zero-order valence-electron chi connectivity index (χ0n) is 8.66. The summed E-state index contributed by atoms with van der Waals surface area (Å²) in [5.74, 6) is 1.29. The molecule has 0 aliphatic heterocycles. The average molecular weight is 215 g/mol. The standard InChI is InChI=1S/C9H17N3OS/c1-7(2)8-11-9(14-12-8)10-5-3-4-6-13/h7,13H,3-6H2,1-2H3,(H,10,11,12). The summed E-state index contributed by atoms with van der Waals surface area (Å²) in [4.78, 5) is 4.34. The highest BCUT2D eigenvalue weighted by atomic mass is 32.1. The van der Waals surface area contributed by atoms with Crippen molar-refractivity contribution in [1.82, 2.24) is 9.36 Å². The summed E-state index contributed by atoms with van der Waals surface area (Å²) in [5.41, 5.74) is 0. The van der Waals surface area contributed by atoms with E-state index in [4.69, 9.17) is 5.11 Å². The first-order valence-corrected chi connectivity index (χ1v) is 5.69. The van der Waals surface area contributed by atoms with Gasteiger partial charge >= 0.3 is 0 Å². The van der Waals surface area contributed by atoms with Crippen molar-refractivity contribution in [2.75, 3.05) is 18.5 Å². The molecule has 0 aromatic carbocycles. The highest BCUT2D eigenvalue weighted by Gasteiger charge is 2.06. The fraction of sp³-hybridized carbons (Fsp3) is 0.778. The molecule has 0 spiro atoms. The molecule has 14 heavy (non-hydrogen) atoms. The van der Waals surface area contributed by atoms with Crippen molar-refractivity contribution in [2.24, 2.45) is 0 Å². The summed E-state index contributed by atoms with van der Waals surface area (Å²) < 4.78 is 4.23. The third-order valence-electron chi connectivity index (χ3n) is 1.82. The van der Waals surface area contributed by atoms with E-state index in [-0.39, 0.29) is 6.61 Å². The van der Waals surface area contributed by atoms with Gasteiger partial charge in [-0.05, 0) is 12.8 Å². The lowest BCUT2D eigenvalue weighted by Crippen LogP contribution is -2.02. The smallest absolute Gasteiger partial charge is 0.202 e. The van der Waals surface area contributed by atoms with Crippen LogP contribution < -0.4 is 5.32 Å². The number of aromatic nitrogens is 2. The first-order chi connectivity index (χ1) is 6.74. The average Bonchev–Trinajstić information content (AvgIpc) is 2.61. The predicted molar refractivity (Wildman–Crippen MR) is 58.8 cm³/mol. The Morgan fingerprint density at radius 1 is 1.43 bits per heavy atom. The quantitative estimate of drug-likeness (QED) is 0.711. The summed E-state index contributed by atoms with van der Waals surface area (Å²) in [6, 6.07) is 0. The van der Waals surface area contributed by atoms with E-state index in [1.807, 2.05) is 0 Å². The summed E-state index contributed by atoms with van der Waals surface area (Å²) in [5, 5.41) is 12.7. The van der Waals surface area contributed by atoms with Gasteiger partial charge in [-0.15, -0.1) is 0 Å². The molecule has 1 aromatic rings. The minimum Gasteiger partial charge on any atom is -0.396 e. The lowest BCUT2D eigenvalue weighted by Gasteiger charge is -1.99. The number of hydrogen-bond donors (Lipinski definition) is 2. The second kappa shape index (κ2) is 5.93. The maximum absolute atomic E-state index is 8.59. The van der Waals surface area contributed by atoms with Crippen LogP contribution in [-0.2, 0) is 0 Å². The molecule has 0 amide bonds. The van der Waals surface area contributed by atoms with Gasteiger partial charge < -0.3 is 10.4 Å². The van der Waals surface area contributed by atoms with E-state index in [1.165, 1.54) is 11.5 Å². The molecule has 0 fully saturated rings. The van der Waals surface area contributed by atoms with Crippen LogP contribution in [-0.4, -0.2) is 27.6 Å². The predicted octanol–water partition coefficient (Wildman–Crippen LogP) is 1.85. The van der Waals surface area contributed by atoms with Crippen LogP contribution in [0.15, 0.2) is 0 Å². The maximum Gasteiger partial charge on any atom is 0.202 e. The van der Waals surface area contributed by atoms with E-state index < -0.39 is 0 Å². The molecular formula is C9H17N3OS. The van der Waals surface area contributed by atoms with Crippen molar-refractivity contribution in [2.45, 2.75) is 32.6 Å². The Bertz CT molecular complexity index is 262. The van der Waals surface area contributed by atoms with E-state index in [0.29, 0.717) is 5.92 Å². The third kappa shape index (κ3) is 3.59. The van der Waals surface area contributed by atoms with E-state index in [9.17, 15) is 0 Å². The topological polar surface area (TPSA) is 58.0 Å². The van der Waals surface area contributed by atoms with Crippen LogP contribution in [0.2, 0.25) is 0 Å². The van der Waals surface area contributed by atoms with E-state index in [1.54, 1.807) is 0 Å². The van der Waals surface area contributed by atoms with Gasteiger partial charge in [-0.3, -0.25) is 0 Å². The monoisotopic (exact) mass is 215 g/mol. The molecule has 5 heteroatoms. The molecule has 1 heterocycles. The van der Waals surface area contributed by atoms with Crippen molar-refractivity contribution in [3.63, 3.8) is 0 Å². The van der Waals surface area contributed by atoms with Crippen LogP contribution in [0.3, 0.4) is 0 Å². The van der Waals surface area contributed by atoms with Crippen LogP contribution in [0.1, 0.15) is 38.4 Å². The number of rotatable bonds is 6. The fourth-order valence-electron chi connectivity index (χ4n) is 0.973. The summed E-state index contributed by atoms with van der Waals surface area (Å²) in [7, 11) is 0. The van der Waals surface area contributed by atoms with Crippen LogP contribution in [0.4, 0.5) is 5.13 Å². The fourth-order valence-corrected chi connectivity index (χ4v) is 1.71. The highest BCUT2D eigenvalue weighted by molar-refractivity contribution is 7.09. The van der Waals surface area contributed by atoms with Crippen molar-refractivity contribution >= 4 is 16.7 Å². The molecular weight excluding hydrogens is 198 g/mol. The van der Waals surface area contributed by atoms with Gasteiger partial charge in [-0.2, -0.15) is 4.37 Å². The zero-order valence-corrected chi connectivity index (χ0v) is 9.47. The molecule has 0 aliphatic rings. The first kappa shape index (κ1) is 11.4. The molecule has 1 aromatic heterocycles. The maximum atomic E-state index is 8.59. The zero-order chi connectivity index (χ0) is 10.4. The van der Waals surface area contributed by atoms with Crippen LogP contribution in [0, 0.1) is 0 Å². The van der Waals surface area contributed by atoms with Crippen molar-refractivity contribution in [3.8, 4) is 0 Å². The Hall–Kier alpha value is -0.680. The number of unbranched alkanes of at least 4 members (excludes halogenated alkanes) is 1. The van der Waals surface area contributed by atoms with Gasteiger partial charge in [-0.25, -0.2) is 4.98 Å². The normalized spacial score (nSPS) is 10.9. The number of nitrogens with one attached hydrogen (secondary N) is 1. The summed E-state index contributed by atoms with van der Waals surface area (Å²) in [6.07, 6.45) is 1.80. The van der Waals surface area contributed by atoms with Gasteiger partial charge in [0, 0.05) is 30.6 Å². The van der Waals surface area contributed by atoms with Crippen LogP contribution >= 0.6 is 11.5 Å². The van der Waals surface area contributed by atoms with E-state index >= 15 is 0 Å². The SMILES string of the molecule is CC(C)c1nsc(NCCCCO)n1. The molecule has 0 radical (unpaired) electrons. The molecule has 1 rings (SSSR count). The van der Waals surface area contributed by atoms with E-state index in [2.05, 4.69) is 28.5 Å². The molecule has 4 nitrogen and oxygen atoms in total. The Labute approximate surface area is 88.6 Å². The molecule has 0 saturated heterocycles. The second-order valence-electron chi connectivity index (χ2n) is 3.47. The third-order valence-corrected chi connectivity index (χ3v) is 2.51. The molecule has 0 saturated carbocycles. The molecule has 0 bridgehead atoms. The molecule has 80 valence electrons. The number of hydrogen-bond acceptors (Lipinski definition) is 5. The van der Waals surface area contributed by atoms with E-state index in [0.717, 1.165) is 30.3 Å². The molecule has 0 unspecified atom stereocenters. The van der Waals surface area contributed by atoms with Crippen LogP contribution in [0.5, 0.6) is 0 Å². The van der Waals surface area contributed by atoms with Crippen molar-refractivity contribution < 1.29 is 5.11 Å². The first-order valence-electron chi connectivity index (χ1n) is 4.92. The Morgan fingerprint density at radius 2 is 2.21 bits per heavy atom. The van der Waals surface area contributed by atoms with Gasteiger partial charge in [0.15, 0.2) is 0 Å². The summed E-state index contributed by atoms with van der Waals surface area (Å²) in [6.45, 7) is 5.28. The Kier molecular flexibility index (Phi) is 4.82. The molecule has 0 aliphatic carbocycles. The minimum absolute atomic E-state index is 0.259. The van der Waals surface area contributed by atoms with Crippen molar-refractivity contribution in [1.29, 1.82) is 0 Å². The summed E-state index contributed by atoms with van der Waals surface area (Å²) >= 11 is 1.40. The van der Waals surface area contributed by atoms with Gasteiger partial charge in [0.05, 0.1) is 0 Å². The van der Waals surface area contributed by atoms with Crippen LogP contribution in [0.25, 0.3) is 0 Å². The van der Waals surface area contributed by atoms with Gasteiger partial charge in [0.25, 0.3) is 0 Å².